The maximum Gasteiger partial charge on any atom is 0.0870 e. The average Bonchev–Trinajstić information content (AvgIpc) is 2.46. The molecule has 0 aromatic heterocycles. The molecule has 2 atom stereocenters. The number of hydrogen-bond acceptors (Lipinski definition) is 3. The van der Waals surface area contributed by atoms with Gasteiger partial charge in [-0.3, -0.25) is 4.90 Å². The van der Waals surface area contributed by atoms with Crippen molar-refractivity contribution in [1.29, 1.82) is 0 Å². The van der Waals surface area contributed by atoms with Crippen molar-refractivity contribution < 1.29 is 5.11 Å². The van der Waals surface area contributed by atoms with Gasteiger partial charge in [0.05, 0.1) is 5.60 Å². The standard InChI is InChI=1S/C16H26N2O/c1-13(14-8-6-5-7-9-14)18-11-15(2,3)17-10-16(4,19)12-18/h5-9,13,17,19H,10-12H2,1-4H3. The van der Waals surface area contributed by atoms with Gasteiger partial charge in [-0.25, -0.2) is 0 Å². The molecule has 0 saturated carbocycles. The second-order valence-electron chi connectivity index (χ2n) is 6.73. The molecule has 2 rings (SSSR count). The summed E-state index contributed by atoms with van der Waals surface area (Å²) in [6.07, 6.45) is 0. The third kappa shape index (κ3) is 3.78. The number of nitrogens with one attached hydrogen (secondary N) is 1. The highest BCUT2D eigenvalue weighted by atomic mass is 16.3. The Morgan fingerprint density at radius 3 is 2.42 bits per heavy atom. The number of nitrogens with zero attached hydrogens (tertiary/aromatic N) is 1. The van der Waals surface area contributed by atoms with E-state index in [2.05, 4.69) is 55.3 Å². The van der Waals surface area contributed by atoms with Gasteiger partial charge in [-0.1, -0.05) is 30.3 Å². The van der Waals surface area contributed by atoms with E-state index in [0.29, 0.717) is 19.1 Å². The summed E-state index contributed by atoms with van der Waals surface area (Å²) < 4.78 is 0. The molecule has 1 aliphatic heterocycles. The van der Waals surface area contributed by atoms with Crippen molar-refractivity contribution in [3.63, 3.8) is 0 Å². The molecule has 1 aromatic carbocycles. The lowest BCUT2D eigenvalue weighted by Gasteiger charge is -2.35. The number of aliphatic hydroxyl groups is 1. The fourth-order valence-corrected chi connectivity index (χ4v) is 2.76. The van der Waals surface area contributed by atoms with Crippen molar-refractivity contribution in [2.45, 2.75) is 44.9 Å². The molecule has 1 fully saturated rings. The minimum absolute atomic E-state index is 0.0174. The summed E-state index contributed by atoms with van der Waals surface area (Å²) in [6, 6.07) is 10.8. The van der Waals surface area contributed by atoms with Gasteiger partial charge in [0, 0.05) is 31.2 Å². The lowest BCUT2D eigenvalue weighted by molar-refractivity contribution is 0.0231. The SMILES string of the molecule is CC(c1ccccc1)N1CC(C)(O)CNC(C)(C)C1. The zero-order valence-electron chi connectivity index (χ0n) is 12.5. The first-order valence-electron chi connectivity index (χ1n) is 7.06. The lowest BCUT2D eigenvalue weighted by atomic mass is 10.0. The Morgan fingerprint density at radius 2 is 1.79 bits per heavy atom. The van der Waals surface area contributed by atoms with E-state index in [-0.39, 0.29) is 5.54 Å². The van der Waals surface area contributed by atoms with Gasteiger partial charge >= 0.3 is 0 Å². The van der Waals surface area contributed by atoms with E-state index in [0.717, 1.165) is 6.54 Å². The predicted molar refractivity (Wildman–Crippen MR) is 79.1 cm³/mol. The van der Waals surface area contributed by atoms with Gasteiger partial charge in [0.15, 0.2) is 0 Å². The molecular formula is C16H26N2O. The van der Waals surface area contributed by atoms with E-state index in [4.69, 9.17) is 0 Å². The van der Waals surface area contributed by atoms with Crippen molar-refractivity contribution in [1.82, 2.24) is 10.2 Å². The molecule has 0 radical (unpaired) electrons. The number of rotatable bonds is 2. The molecule has 1 aromatic rings. The van der Waals surface area contributed by atoms with Crippen LogP contribution in [0, 0.1) is 0 Å². The zero-order chi connectivity index (χ0) is 14.1. The molecule has 0 amide bonds. The molecule has 106 valence electrons. The van der Waals surface area contributed by atoms with E-state index >= 15 is 0 Å². The summed E-state index contributed by atoms with van der Waals surface area (Å²) in [6.45, 7) is 10.8. The second kappa shape index (κ2) is 5.23. The first kappa shape index (κ1) is 14.5. The largest absolute Gasteiger partial charge is 0.388 e. The Bertz CT molecular complexity index is 396. The molecule has 3 nitrogen and oxygen atoms in total. The Kier molecular flexibility index (Phi) is 4.00. The van der Waals surface area contributed by atoms with Gasteiger partial charge in [0.2, 0.25) is 0 Å². The number of hydrogen-bond donors (Lipinski definition) is 2. The van der Waals surface area contributed by atoms with Crippen LogP contribution >= 0.6 is 0 Å². The first-order chi connectivity index (χ1) is 8.79. The fraction of sp³-hybridized carbons (Fsp3) is 0.625. The van der Waals surface area contributed by atoms with Crippen LogP contribution in [0.2, 0.25) is 0 Å². The third-order valence-electron chi connectivity index (χ3n) is 3.92. The smallest absolute Gasteiger partial charge is 0.0870 e. The van der Waals surface area contributed by atoms with Gasteiger partial charge in [-0.2, -0.15) is 0 Å². The summed E-state index contributed by atoms with van der Waals surface area (Å²) in [5, 5.41) is 13.9. The number of benzene rings is 1. The molecule has 0 spiro atoms. The minimum atomic E-state index is -0.684. The van der Waals surface area contributed by atoms with Crippen LogP contribution in [0.25, 0.3) is 0 Å². The second-order valence-corrected chi connectivity index (χ2v) is 6.73. The third-order valence-corrected chi connectivity index (χ3v) is 3.92. The molecule has 2 N–H and O–H groups in total. The zero-order valence-corrected chi connectivity index (χ0v) is 12.5. The van der Waals surface area contributed by atoms with Crippen LogP contribution in [-0.4, -0.2) is 40.8 Å². The Balaban J connectivity index is 2.21. The molecule has 0 bridgehead atoms. The van der Waals surface area contributed by atoms with E-state index in [1.165, 1.54) is 5.56 Å². The van der Waals surface area contributed by atoms with E-state index in [1.807, 2.05) is 13.0 Å². The summed E-state index contributed by atoms with van der Waals surface area (Å²) >= 11 is 0. The van der Waals surface area contributed by atoms with Crippen molar-refractivity contribution in [3.8, 4) is 0 Å². The summed E-state index contributed by atoms with van der Waals surface area (Å²) in [5.74, 6) is 0. The number of β-amino-alcohol motifs (C(OH)–C–C–N with tert-alkyl or cyclic N) is 1. The van der Waals surface area contributed by atoms with E-state index in [9.17, 15) is 5.11 Å². The Morgan fingerprint density at radius 1 is 1.16 bits per heavy atom. The highest BCUT2D eigenvalue weighted by molar-refractivity contribution is 5.19. The van der Waals surface area contributed by atoms with Crippen molar-refractivity contribution in [3.05, 3.63) is 35.9 Å². The van der Waals surface area contributed by atoms with Crippen LogP contribution in [-0.2, 0) is 0 Å². The van der Waals surface area contributed by atoms with E-state index < -0.39 is 5.60 Å². The maximum atomic E-state index is 10.4. The Hall–Kier alpha value is -0.900. The van der Waals surface area contributed by atoms with Crippen molar-refractivity contribution in [2.75, 3.05) is 19.6 Å². The monoisotopic (exact) mass is 262 g/mol. The topological polar surface area (TPSA) is 35.5 Å². The molecule has 2 unspecified atom stereocenters. The van der Waals surface area contributed by atoms with Crippen LogP contribution < -0.4 is 5.32 Å². The van der Waals surface area contributed by atoms with Crippen LogP contribution in [0.15, 0.2) is 30.3 Å². The summed E-state index contributed by atoms with van der Waals surface area (Å²) in [7, 11) is 0. The van der Waals surface area contributed by atoms with Gasteiger partial charge in [0.25, 0.3) is 0 Å². The first-order valence-corrected chi connectivity index (χ1v) is 7.06. The average molecular weight is 262 g/mol. The highest BCUT2D eigenvalue weighted by Gasteiger charge is 2.35. The molecule has 0 aliphatic carbocycles. The van der Waals surface area contributed by atoms with Crippen molar-refractivity contribution in [2.24, 2.45) is 0 Å². The van der Waals surface area contributed by atoms with Gasteiger partial charge in [-0.15, -0.1) is 0 Å². The maximum absolute atomic E-state index is 10.4. The van der Waals surface area contributed by atoms with Gasteiger partial charge < -0.3 is 10.4 Å². The van der Waals surface area contributed by atoms with Gasteiger partial charge in [0.1, 0.15) is 0 Å². The molecule has 3 heteroatoms. The molecular weight excluding hydrogens is 236 g/mol. The van der Waals surface area contributed by atoms with Crippen LogP contribution in [0.3, 0.4) is 0 Å². The predicted octanol–water partition coefficient (Wildman–Crippen LogP) is 2.18. The summed E-state index contributed by atoms with van der Waals surface area (Å²) in [4.78, 5) is 2.37. The molecule has 1 heterocycles. The van der Waals surface area contributed by atoms with Crippen molar-refractivity contribution >= 4 is 0 Å². The quantitative estimate of drug-likeness (QED) is 0.857. The fourth-order valence-electron chi connectivity index (χ4n) is 2.76. The molecule has 1 aliphatic rings. The molecule has 19 heavy (non-hydrogen) atoms. The van der Waals surface area contributed by atoms with E-state index in [1.54, 1.807) is 0 Å². The minimum Gasteiger partial charge on any atom is -0.388 e. The lowest BCUT2D eigenvalue weighted by Crippen LogP contribution is -2.47. The highest BCUT2D eigenvalue weighted by Crippen LogP contribution is 2.26. The summed E-state index contributed by atoms with van der Waals surface area (Å²) in [5.41, 5.74) is 0.636. The normalized spacial score (nSPS) is 29.7. The van der Waals surface area contributed by atoms with Crippen LogP contribution in [0.1, 0.15) is 39.3 Å². The Labute approximate surface area is 116 Å². The van der Waals surface area contributed by atoms with Crippen LogP contribution in [0.5, 0.6) is 0 Å². The van der Waals surface area contributed by atoms with Crippen LogP contribution in [0.4, 0.5) is 0 Å². The molecule has 1 saturated heterocycles. The van der Waals surface area contributed by atoms with Gasteiger partial charge in [-0.05, 0) is 33.3 Å².